The molecule has 0 saturated carbocycles. The molecule has 1 aromatic rings. The van der Waals surface area contributed by atoms with Gasteiger partial charge in [-0.3, -0.25) is 25.2 Å². The number of pyridine rings is 1. The van der Waals surface area contributed by atoms with Gasteiger partial charge in [-0.15, -0.1) is 0 Å². The van der Waals surface area contributed by atoms with E-state index >= 15 is 0 Å². The molecule has 1 aromatic heterocycles. The Bertz CT molecular complexity index is 685. The number of hydrogen-bond donors (Lipinski definition) is 2. The Balaban J connectivity index is 2.32. The van der Waals surface area contributed by atoms with E-state index in [4.69, 9.17) is 0 Å². The number of hydrogen-bond acceptors (Lipinski definition) is 8. The van der Waals surface area contributed by atoms with Crippen LogP contribution in [0.3, 0.4) is 0 Å². The van der Waals surface area contributed by atoms with Crippen molar-refractivity contribution >= 4 is 0 Å². The quantitative estimate of drug-likeness (QED) is 0.577. The standard InChI is InChI=1S/C13H16N6O4/c1-14-12-10(18(20)21)7-11(19(22)23)13(17(12)2)16-8-9-5-3-4-6-15-9/h3-6,14,16H,7-8H2,1-2H3. The molecule has 2 N–H and O–H groups in total. The van der Waals surface area contributed by atoms with Crippen LogP contribution in [0.4, 0.5) is 0 Å². The number of nitro groups is 2. The molecular weight excluding hydrogens is 304 g/mol. The van der Waals surface area contributed by atoms with Crippen molar-refractivity contribution in [3.63, 3.8) is 0 Å². The van der Waals surface area contributed by atoms with E-state index in [1.807, 2.05) is 0 Å². The Morgan fingerprint density at radius 3 is 2.39 bits per heavy atom. The SMILES string of the molecule is CNC1=C([N+](=O)[O-])CC([N+](=O)[O-])=C(NCc2ccccn2)N1C. The summed E-state index contributed by atoms with van der Waals surface area (Å²) >= 11 is 0. The molecule has 0 unspecified atom stereocenters. The summed E-state index contributed by atoms with van der Waals surface area (Å²) in [6.07, 6.45) is 1.25. The van der Waals surface area contributed by atoms with Crippen molar-refractivity contribution in [2.75, 3.05) is 14.1 Å². The number of aromatic nitrogens is 1. The second-order valence-corrected chi connectivity index (χ2v) is 4.77. The normalized spacial score (nSPS) is 14.8. The van der Waals surface area contributed by atoms with Gasteiger partial charge in [0, 0.05) is 20.3 Å². The Kier molecular flexibility index (Phi) is 4.74. The second-order valence-electron chi connectivity index (χ2n) is 4.77. The van der Waals surface area contributed by atoms with Gasteiger partial charge in [-0.1, -0.05) is 6.07 Å². The molecule has 0 saturated heterocycles. The van der Waals surface area contributed by atoms with Crippen LogP contribution in [0.15, 0.2) is 47.4 Å². The minimum atomic E-state index is -0.610. The summed E-state index contributed by atoms with van der Waals surface area (Å²) in [6.45, 7) is 0.267. The monoisotopic (exact) mass is 320 g/mol. The molecule has 1 aliphatic rings. The maximum absolute atomic E-state index is 11.3. The summed E-state index contributed by atoms with van der Waals surface area (Å²) in [5, 5.41) is 28.1. The summed E-state index contributed by atoms with van der Waals surface area (Å²) in [4.78, 5) is 26.7. The van der Waals surface area contributed by atoms with Gasteiger partial charge in [0.2, 0.25) is 0 Å². The first-order valence-electron chi connectivity index (χ1n) is 6.76. The van der Waals surface area contributed by atoms with Gasteiger partial charge in [0.25, 0.3) is 11.4 Å². The molecule has 23 heavy (non-hydrogen) atoms. The predicted octanol–water partition coefficient (Wildman–Crippen LogP) is 0.618. The minimum Gasteiger partial charge on any atom is -0.369 e. The lowest BCUT2D eigenvalue weighted by Crippen LogP contribution is -2.39. The van der Waals surface area contributed by atoms with Crippen molar-refractivity contribution in [2.45, 2.75) is 13.0 Å². The summed E-state index contributed by atoms with van der Waals surface area (Å²) in [6, 6.07) is 5.35. The highest BCUT2D eigenvalue weighted by atomic mass is 16.6. The van der Waals surface area contributed by atoms with Crippen molar-refractivity contribution < 1.29 is 9.85 Å². The number of nitrogens with zero attached hydrogens (tertiary/aromatic N) is 4. The van der Waals surface area contributed by atoms with E-state index in [9.17, 15) is 20.2 Å². The van der Waals surface area contributed by atoms with Crippen molar-refractivity contribution in [3.05, 3.63) is 73.4 Å². The third-order valence-electron chi connectivity index (χ3n) is 3.39. The first-order chi connectivity index (χ1) is 11.0. The lowest BCUT2D eigenvalue weighted by atomic mass is 10.1. The smallest absolute Gasteiger partial charge is 0.297 e. The average Bonchev–Trinajstić information content (AvgIpc) is 2.53. The maximum Gasteiger partial charge on any atom is 0.297 e. The minimum absolute atomic E-state index is 0.204. The van der Waals surface area contributed by atoms with Gasteiger partial charge in [-0.25, -0.2) is 0 Å². The average molecular weight is 320 g/mol. The zero-order chi connectivity index (χ0) is 17.0. The first kappa shape index (κ1) is 16.2. The van der Waals surface area contributed by atoms with E-state index in [0.29, 0.717) is 5.69 Å². The molecule has 0 bridgehead atoms. The third kappa shape index (κ3) is 3.36. The van der Waals surface area contributed by atoms with Crippen molar-refractivity contribution in [1.29, 1.82) is 0 Å². The van der Waals surface area contributed by atoms with E-state index in [2.05, 4.69) is 15.6 Å². The van der Waals surface area contributed by atoms with Crippen LogP contribution in [0.25, 0.3) is 0 Å². The van der Waals surface area contributed by atoms with Gasteiger partial charge in [-0.05, 0) is 12.1 Å². The lowest BCUT2D eigenvalue weighted by Gasteiger charge is -2.28. The molecule has 0 fully saturated rings. The molecule has 0 amide bonds. The van der Waals surface area contributed by atoms with Crippen LogP contribution in [0.1, 0.15) is 12.1 Å². The summed E-state index contributed by atoms with van der Waals surface area (Å²) in [5.74, 6) is 0.416. The van der Waals surface area contributed by atoms with Crippen molar-refractivity contribution in [2.24, 2.45) is 0 Å². The van der Waals surface area contributed by atoms with Gasteiger partial charge in [0.1, 0.15) is 6.42 Å². The molecule has 0 atom stereocenters. The zero-order valence-electron chi connectivity index (χ0n) is 12.6. The van der Waals surface area contributed by atoms with Crippen molar-refractivity contribution in [1.82, 2.24) is 20.5 Å². The van der Waals surface area contributed by atoms with Gasteiger partial charge < -0.3 is 15.5 Å². The fraction of sp³-hybridized carbons (Fsp3) is 0.308. The Morgan fingerprint density at radius 2 is 1.87 bits per heavy atom. The Hall–Kier alpha value is -3.17. The molecule has 0 aliphatic carbocycles. The predicted molar refractivity (Wildman–Crippen MR) is 80.6 cm³/mol. The lowest BCUT2D eigenvalue weighted by molar-refractivity contribution is -0.455. The first-order valence-corrected chi connectivity index (χ1v) is 6.76. The van der Waals surface area contributed by atoms with E-state index in [0.717, 1.165) is 0 Å². The third-order valence-corrected chi connectivity index (χ3v) is 3.39. The molecule has 1 aliphatic heterocycles. The Labute approximate surface area is 131 Å². The van der Waals surface area contributed by atoms with Crippen LogP contribution in [-0.2, 0) is 6.54 Å². The highest BCUT2D eigenvalue weighted by Gasteiger charge is 2.38. The van der Waals surface area contributed by atoms with Gasteiger partial charge in [0.05, 0.1) is 22.1 Å². The zero-order valence-corrected chi connectivity index (χ0v) is 12.6. The van der Waals surface area contributed by atoms with E-state index < -0.39 is 9.85 Å². The fourth-order valence-electron chi connectivity index (χ4n) is 2.34. The highest BCUT2D eigenvalue weighted by Crippen LogP contribution is 2.27. The molecular formula is C13H16N6O4. The number of rotatable bonds is 6. The van der Waals surface area contributed by atoms with Crippen LogP contribution in [0, 0.1) is 20.2 Å². The van der Waals surface area contributed by atoms with Crippen LogP contribution in [0.5, 0.6) is 0 Å². The van der Waals surface area contributed by atoms with E-state index in [-0.39, 0.29) is 36.0 Å². The molecule has 2 heterocycles. The highest BCUT2D eigenvalue weighted by molar-refractivity contribution is 5.25. The molecule has 122 valence electrons. The van der Waals surface area contributed by atoms with E-state index in [1.54, 1.807) is 24.4 Å². The fourth-order valence-corrected chi connectivity index (χ4v) is 2.34. The summed E-state index contributed by atoms with van der Waals surface area (Å²) < 4.78 is 0. The van der Waals surface area contributed by atoms with Gasteiger partial charge in [0.15, 0.2) is 11.6 Å². The van der Waals surface area contributed by atoms with Crippen LogP contribution >= 0.6 is 0 Å². The van der Waals surface area contributed by atoms with Crippen LogP contribution in [-0.4, -0.2) is 33.8 Å². The molecule has 0 radical (unpaired) electrons. The molecule has 10 heteroatoms. The Morgan fingerprint density at radius 1 is 1.22 bits per heavy atom. The molecule has 2 rings (SSSR count). The molecule has 0 spiro atoms. The van der Waals surface area contributed by atoms with Crippen molar-refractivity contribution in [3.8, 4) is 0 Å². The maximum atomic E-state index is 11.3. The molecule has 10 nitrogen and oxygen atoms in total. The topological polar surface area (TPSA) is 126 Å². The summed E-state index contributed by atoms with van der Waals surface area (Å²) in [5.41, 5.74) is 0.199. The molecule has 0 aromatic carbocycles. The van der Waals surface area contributed by atoms with Gasteiger partial charge in [-0.2, -0.15) is 0 Å². The largest absolute Gasteiger partial charge is 0.369 e. The van der Waals surface area contributed by atoms with E-state index in [1.165, 1.54) is 19.0 Å². The van der Waals surface area contributed by atoms with Crippen LogP contribution < -0.4 is 10.6 Å². The summed E-state index contributed by atoms with van der Waals surface area (Å²) in [7, 11) is 3.06. The number of nitrogens with one attached hydrogen (secondary N) is 2. The van der Waals surface area contributed by atoms with Gasteiger partial charge >= 0.3 is 0 Å². The van der Waals surface area contributed by atoms with Crippen LogP contribution in [0.2, 0.25) is 0 Å². The second kappa shape index (κ2) is 6.73.